The lowest BCUT2D eigenvalue weighted by Crippen LogP contribution is -1.76. The van der Waals surface area contributed by atoms with Crippen LogP contribution in [0.3, 0.4) is 0 Å². The van der Waals surface area contributed by atoms with Gasteiger partial charge in [0.1, 0.15) is 0 Å². The van der Waals surface area contributed by atoms with Crippen molar-refractivity contribution in [1.29, 1.82) is 0 Å². The predicted molar refractivity (Wildman–Crippen MR) is 48.6 cm³/mol. The SMILES string of the molecule is CC#Cc1cccc2cn[nH]c12. The predicted octanol–water partition coefficient (Wildman–Crippen LogP) is 1.93. The highest BCUT2D eigenvalue weighted by molar-refractivity contribution is 5.83. The number of aromatic amines is 1. The van der Waals surface area contributed by atoms with Gasteiger partial charge in [-0.1, -0.05) is 18.1 Å². The Balaban J connectivity index is 2.79. The van der Waals surface area contributed by atoms with Gasteiger partial charge >= 0.3 is 0 Å². The summed E-state index contributed by atoms with van der Waals surface area (Å²) in [6, 6.07) is 5.98. The fourth-order valence-electron chi connectivity index (χ4n) is 1.21. The van der Waals surface area contributed by atoms with E-state index in [0.29, 0.717) is 0 Å². The first-order valence-corrected chi connectivity index (χ1v) is 3.76. The molecule has 2 aromatic rings. The summed E-state index contributed by atoms with van der Waals surface area (Å²) in [6.07, 6.45) is 1.80. The molecule has 2 rings (SSSR count). The van der Waals surface area contributed by atoms with E-state index in [1.807, 2.05) is 25.1 Å². The Morgan fingerprint density at radius 3 is 3.17 bits per heavy atom. The van der Waals surface area contributed by atoms with Crippen molar-refractivity contribution in [3.05, 3.63) is 30.0 Å². The standard InChI is InChI=1S/C10H8N2/c1-2-4-8-5-3-6-9-7-11-12-10(8)9/h3,5-7H,1H3,(H,11,12). The molecule has 0 aliphatic rings. The Hall–Kier alpha value is -1.75. The molecule has 0 fully saturated rings. The topological polar surface area (TPSA) is 28.7 Å². The lowest BCUT2D eigenvalue weighted by molar-refractivity contribution is 1.12. The van der Waals surface area contributed by atoms with Gasteiger partial charge in [-0.3, -0.25) is 5.10 Å². The fourth-order valence-corrected chi connectivity index (χ4v) is 1.21. The second kappa shape index (κ2) is 2.71. The minimum absolute atomic E-state index is 1.01. The zero-order valence-corrected chi connectivity index (χ0v) is 6.76. The highest BCUT2D eigenvalue weighted by atomic mass is 15.1. The van der Waals surface area contributed by atoms with E-state index in [1.54, 1.807) is 6.20 Å². The van der Waals surface area contributed by atoms with E-state index in [2.05, 4.69) is 22.0 Å². The third-order valence-corrected chi connectivity index (χ3v) is 1.74. The molecule has 0 spiro atoms. The van der Waals surface area contributed by atoms with Gasteiger partial charge in [-0.25, -0.2) is 0 Å². The van der Waals surface area contributed by atoms with E-state index in [4.69, 9.17) is 0 Å². The van der Waals surface area contributed by atoms with Crippen LogP contribution in [0.1, 0.15) is 12.5 Å². The molecule has 0 aliphatic carbocycles. The summed E-state index contributed by atoms with van der Waals surface area (Å²) in [5.41, 5.74) is 2.03. The van der Waals surface area contributed by atoms with Crippen molar-refractivity contribution in [3.63, 3.8) is 0 Å². The third-order valence-electron chi connectivity index (χ3n) is 1.74. The number of rotatable bonds is 0. The Morgan fingerprint density at radius 1 is 1.42 bits per heavy atom. The number of benzene rings is 1. The first-order valence-electron chi connectivity index (χ1n) is 3.76. The largest absolute Gasteiger partial charge is 0.277 e. The van der Waals surface area contributed by atoms with E-state index in [9.17, 15) is 0 Å². The number of nitrogens with zero attached hydrogens (tertiary/aromatic N) is 1. The van der Waals surface area contributed by atoms with Crippen molar-refractivity contribution in [2.45, 2.75) is 6.92 Å². The van der Waals surface area contributed by atoms with Crippen LogP contribution in [0.25, 0.3) is 10.9 Å². The molecule has 1 N–H and O–H groups in total. The average molecular weight is 156 g/mol. The summed E-state index contributed by atoms with van der Waals surface area (Å²) in [6.45, 7) is 1.83. The van der Waals surface area contributed by atoms with Gasteiger partial charge in [0, 0.05) is 5.39 Å². The summed E-state index contributed by atoms with van der Waals surface area (Å²) >= 11 is 0. The molecule has 0 amide bonds. The van der Waals surface area contributed by atoms with Crippen LogP contribution < -0.4 is 0 Å². The quantitative estimate of drug-likeness (QED) is 0.580. The normalized spacial score (nSPS) is 9.42. The number of fused-ring (bicyclic) bond motifs is 1. The van der Waals surface area contributed by atoms with Crippen LogP contribution >= 0.6 is 0 Å². The maximum absolute atomic E-state index is 3.95. The lowest BCUT2D eigenvalue weighted by atomic mass is 10.1. The van der Waals surface area contributed by atoms with Gasteiger partial charge in [-0.15, -0.1) is 5.92 Å². The molecule has 0 saturated heterocycles. The molecule has 1 heterocycles. The molecular weight excluding hydrogens is 148 g/mol. The summed E-state index contributed by atoms with van der Waals surface area (Å²) in [4.78, 5) is 0. The van der Waals surface area contributed by atoms with Gasteiger partial charge in [-0.05, 0) is 13.0 Å². The lowest BCUT2D eigenvalue weighted by Gasteiger charge is -1.91. The summed E-state index contributed by atoms with van der Waals surface area (Å²) in [5, 5.41) is 7.98. The average Bonchev–Trinajstić information content (AvgIpc) is 2.53. The third kappa shape index (κ3) is 0.960. The van der Waals surface area contributed by atoms with E-state index in [0.717, 1.165) is 16.5 Å². The van der Waals surface area contributed by atoms with Crippen LogP contribution in [-0.4, -0.2) is 10.2 Å². The maximum atomic E-state index is 3.95. The van der Waals surface area contributed by atoms with E-state index in [-0.39, 0.29) is 0 Å². The van der Waals surface area contributed by atoms with E-state index < -0.39 is 0 Å². The van der Waals surface area contributed by atoms with Crippen molar-refractivity contribution in [3.8, 4) is 11.8 Å². The second-order valence-corrected chi connectivity index (χ2v) is 2.51. The van der Waals surface area contributed by atoms with Crippen LogP contribution in [0.5, 0.6) is 0 Å². The van der Waals surface area contributed by atoms with Crippen LogP contribution in [0, 0.1) is 11.8 Å². The van der Waals surface area contributed by atoms with Crippen LogP contribution in [0.2, 0.25) is 0 Å². The molecule has 0 unspecified atom stereocenters. The van der Waals surface area contributed by atoms with Crippen molar-refractivity contribution >= 4 is 10.9 Å². The fraction of sp³-hybridized carbons (Fsp3) is 0.100. The number of nitrogens with one attached hydrogen (secondary N) is 1. The highest BCUT2D eigenvalue weighted by Gasteiger charge is 1.97. The van der Waals surface area contributed by atoms with Gasteiger partial charge < -0.3 is 0 Å². The monoisotopic (exact) mass is 156 g/mol. The molecule has 1 aromatic heterocycles. The van der Waals surface area contributed by atoms with Crippen LogP contribution in [0.15, 0.2) is 24.4 Å². The zero-order chi connectivity index (χ0) is 8.39. The van der Waals surface area contributed by atoms with E-state index in [1.165, 1.54) is 0 Å². The molecular formula is C10H8N2. The van der Waals surface area contributed by atoms with Gasteiger partial charge in [0.15, 0.2) is 0 Å². The Kier molecular flexibility index (Phi) is 1.56. The first-order chi connectivity index (χ1) is 5.92. The number of hydrogen-bond donors (Lipinski definition) is 1. The molecule has 2 heteroatoms. The van der Waals surface area contributed by atoms with Gasteiger partial charge in [-0.2, -0.15) is 5.10 Å². The molecule has 1 aromatic carbocycles. The summed E-state index contributed by atoms with van der Waals surface area (Å²) in [5.74, 6) is 5.88. The Morgan fingerprint density at radius 2 is 2.33 bits per heavy atom. The molecule has 0 atom stereocenters. The maximum Gasteiger partial charge on any atom is 0.0806 e. The summed E-state index contributed by atoms with van der Waals surface area (Å²) in [7, 11) is 0. The highest BCUT2D eigenvalue weighted by Crippen LogP contribution is 2.13. The van der Waals surface area contributed by atoms with Crippen molar-refractivity contribution in [1.82, 2.24) is 10.2 Å². The van der Waals surface area contributed by atoms with Gasteiger partial charge in [0.2, 0.25) is 0 Å². The number of aromatic nitrogens is 2. The zero-order valence-electron chi connectivity index (χ0n) is 6.76. The smallest absolute Gasteiger partial charge is 0.0806 e. The van der Waals surface area contributed by atoms with Crippen LogP contribution in [0.4, 0.5) is 0 Å². The molecule has 2 nitrogen and oxygen atoms in total. The van der Waals surface area contributed by atoms with Crippen molar-refractivity contribution in [2.75, 3.05) is 0 Å². The minimum atomic E-state index is 1.01. The van der Waals surface area contributed by atoms with Crippen LogP contribution in [-0.2, 0) is 0 Å². The first kappa shape index (κ1) is 6.93. The van der Waals surface area contributed by atoms with Gasteiger partial charge in [0.05, 0.1) is 17.3 Å². The minimum Gasteiger partial charge on any atom is -0.277 e. The van der Waals surface area contributed by atoms with E-state index >= 15 is 0 Å². The Bertz CT molecular complexity index is 457. The molecule has 0 saturated carbocycles. The molecule has 0 aliphatic heterocycles. The van der Waals surface area contributed by atoms with Crippen molar-refractivity contribution in [2.24, 2.45) is 0 Å². The molecule has 58 valence electrons. The molecule has 0 bridgehead atoms. The van der Waals surface area contributed by atoms with Gasteiger partial charge in [0.25, 0.3) is 0 Å². The molecule has 0 radical (unpaired) electrons. The number of H-pyrrole nitrogens is 1. The number of hydrogen-bond acceptors (Lipinski definition) is 1. The second-order valence-electron chi connectivity index (χ2n) is 2.51. The number of para-hydroxylation sites is 1. The van der Waals surface area contributed by atoms with Crippen molar-refractivity contribution < 1.29 is 0 Å². The Labute approximate surface area is 70.6 Å². The summed E-state index contributed by atoms with van der Waals surface area (Å²) < 4.78 is 0. The molecule has 12 heavy (non-hydrogen) atoms.